The Morgan fingerprint density at radius 1 is 1.36 bits per heavy atom. The van der Waals surface area contributed by atoms with Crippen molar-refractivity contribution < 1.29 is 5.11 Å². The number of hydrogen-bond acceptors (Lipinski definition) is 3. The van der Waals surface area contributed by atoms with Gasteiger partial charge in [-0.3, -0.25) is 0 Å². The molecule has 0 amide bonds. The SMILES string of the molecule is C[C@H](O)CNC1CC2CCC(C1)N2C. The first-order valence-electron chi connectivity index (χ1n) is 5.80. The van der Waals surface area contributed by atoms with Gasteiger partial charge in [-0.2, -0.15) is 0 Å². The molecule has 3 atom stereocenters. The van der Waals surface area contributed by atoms with Gasteiger partial charge in [0.15, 0.2) is 0 Å². The molecule has 0 radical (unpaired) electrons. The van der Waals surface area contributed by atoms with Crippen molar-refractivity contribution in [2.24, 2.45) is 0 Å². The van der Waals surface area contributed by atoms with Crippen LogP contribution in [-0.2, 0) is 0 Å². The van der Waals surface area contributed by atoms with Crippen LogP contribution in [0.3, 0.4) is 0 Å². The lowest BCUT2D eigenvalue weighted by atomic mass is 9.98. The molecule has 0 saturated carbocycles. The van der Waals surface area contributed by atoms with Crippen LogP contribution in [0.15, 0.2) is 0 Å². The highest BCUT2D eigenvalue weighted by molar-refractivity contribution is 4.95. The molecule has 14 heavy (non-hydrogen) atoms. The number of nitrogens with zero attached hydrogens (tertiary/aromatic N) is 1. The fourth-order valence-electron chi connectivity index (χ4n) is 2.92. The van der Waals surface area contributed by atoms with Gasteiger partial charge in [0, 0.05) is 24.7 Å². The molecule has 0 aromatic carbocycles. The average molecular weight is 198 g/mol. The molecule has 2 bridgehead atoms. The number of aliphatic hydroxyl groups excluding tert-OH is 1. The maximum Gasteiger partial charge on any atom is 0.0636 e. The summed E-state index contributed by atoms with van der Waals surface area (Å²) in [5, 5.41) is 12.7. The van der Waals surface area contributed by atoms with E-state index < -0.39 is 0 Å². The Labute approximate surface area is 86.5 Å². The molecule has 0 aliphatic carbocycles. The summed E-state index contributed by atoms with van der Waals surface area (Å²) in [6.07, 6.45) is 5.05. The standard InChI is InChI=1S/C11H22N2O/c1-8(14)7-12-9-5-10-3-4-11(6-9)13(10)2/h8-12,14H,3-7H2,1-2H3/t8-,9?,10?,11?/m0/s1. The Morgan fingerprint density at radius 3 is 2.43 bits per heavy atom. The van der Waals surface area contributed by atoms with Crippen LogP contribution in [0.2, 0.25) is 0 Å². The van der Waals surface area contributed by atoms with Gasteiger partial charge in [0.05, 0.1) is 6.10 Å². The Kier molecular flexibility index (Phi) is 3.10. The first kappa shape index (κ1) is 10.4. The summed E-state index contributed by atoms with van der Waals surface area (Å²) >= 11 is 0. The van der Waals surface area contributed by atoms with E-state index in [9.17, 15) is 5.11 Å². The zero-order chi connectivity index (χ0) is 10.1. The lowest BCUT2D eigenvalue weighted by Crippen LogP contribution is -2.48. The zero-order valence-corrected chi connectivity index (χ0v) is 9.24. The van der Waals surface area contributed by atoms with Crippen LogP contribution in [0.1, 0.15) is 32.6 Å². The van der Waals surface area contributed by atoms with Crippen molar-refractivity contribution in [3.05, 3.63) is 0 Å². The predicted octanol–water partition coefficient (Wildman–Crippen LogP) is 0.582. The van der Waals surface area contributed by atoms with Gasteiger partial charge < -0.3 is 15.3 Å². The molecule has 2 aliphatic heterocycles. The minimum Gasteiger partial charge on any atom is -0.392 e. The summed E-state index contributed by atoms with van der Waals surface area (Å²) in [4.78, 5) is 2.54. The molecular formula is C11H22N2O. The quantitative estimate of drug-likeness (QED) is 0.696. The fraction of sp³-hybridized carbons (Fsp3) is 1.00. The minimum absolute atomic E-state index is 0.215. The van der Waals surface area contributed by atoms with Crippen molar-refractivity contribution in [2.45, 2.75) is 56.8 Å². The first-order chi connectivity index (χ1) is 6.66. The van der Waals surface area contributed by atoms with Gasteiger partial charge >= 0.3 is 0 Å². The smallest absolute Gasteiger partial charge is 0.0636 e. The predicted molar refractivity (Wildman–Crippen MR) is 57.3 cm³/mol. The number of hydrogen-bond donors (Lipinski definition) is 2. The van der Waals surface area contributed by atoms with E-state index in [0.29, 0.717) is 6.04 Å². The van der Waals surface area contributed by atoms with Crippen molar-refractivity contribution in [3.8, 4) is 0 Å². The molecule has 2 saturated heterocycles. The second-order valence-corrected chi connectivity index (χ2v) is 4.98. The number of fused-ring (bicyclic) bond motifs is 2. The number of rotatable bonds is 3. The number of aliphatic hydroxyl groups is 1. The zero-order valence-electron chi connectivity index (χ0n) is 9.24. The summed E-state index contributed by atoms with van der Waals surface area (Å²) in [5.74, 6) is 0. The second-order valence-electron chi connectivity index (χ2n) is 4.98. The van der Waals surface area contributed by atoms with Crippen LogP contribution in [0.5, 0.6) is 0 Å². The van der Waals surface area contributed by atoms with Crippen molar-refractivity contribution in [2.75, 3.05) is 13.6 Å². The van der Waals surface area contributed by atoms with Crippen molar-refractivity contribution in [3.63, 3.8) is 0 Å². The maximum absolute atomic E-state index is 9.21. The lowest BCUT2D eigenvalue weighted by Gasteiger charge is -2.36. The van der Waals surface area contributed by atoms with E-state index in [2.05, 4.69) is 17.3 Å². The topological polar surface area (TPSA) is 35.5 Å². The molecule has 2 rings (SSSR count). The summed E-state index contributed by atoms with van der Waals surface area (Å²) in [6.45, 7) is 2.59. The Morgan fingerprint density at radius 2 is 1.93 bits per heavy atom. The van der Waals surface area contributed by atoms with Crippen LogP contribution in [0.25, 0.3) is 0 Å². The van der Waals surface area contributed by atoms with Gasteiger partial charge in [-0.1, -0.05) is 0 Å². The summed E-state index contributed by atoms with van der Waals surface area (Å²) < 4.78 is 0. The first-order valence-corrected chi connectivity index (χ1v) is 5.80. The second kappa shape index (κ2) is 4.17. The molecule has 0 spiro atoms. The summed E-state index contributed by atoms with van der Waals surface area (Å²) in [7, 11) is 2.26. The van der Waals surface area contributed by atoms with Crippen LogP contribution >= 0.6 is 0 Å². The van der Waals surface area contributed by atoms with Crippen molar-refractivity contribution in [1.82, 2.24) is 10.2 Å². The highest BCUT2D eigenvalue weighted by atomic mass is 16.3. The average Bonchev–Trinajstić information content (AvgIpc) is 2.41. The van der Waals surface area contributed by atoms with Crippen LogP contribution in [-0.4, -0.2) is 47.8 Å². The monoisotopic (exact) mass is 198 g/mol. The maximum atomic E-state index is 9.21. The van der Waals surface area contributed by atoms with Crippen molar-refractivity contribution in [1.29, 1.82) is 0 Å². The molecule has 0 aromatic heterocycles. The Bertz CT molecular complexity index is 182. The molecule has 2 N–H and O–H groups in total. The third-order valence-corrected chi connectivity index (χ3v) is 3.80. The highest BCUT2D eigenvalue weighted by Gasteiger charge is 2.37. The molecular weight excluding hydrogens is 176 g/mol. The van der Waals surface area contributed by atoms with E-state index in [0.717, 1.165) is 18.6 Å². The van der Waals surface area contributed by atoms with Crippen LogP contribution < -0.4 is 5.32 Å². The Balaban J connectivity index is 1.81. The molecule has 0 aromatic rings. The van der Waals surface area contributed by atoms with Gasteiger partial charge in [0.2, 0.25) is 0 Å². The largest absolute Gasteiger partial charge is 0.392 e. The summed E-state index contributed by atoms with van der Waals surface area (Å²) in [6, 6.07) is 2.22. The van der Waals surface area contributed by atoms with E-state index in [-0.39, 0.29) is 6.10 Å². The molecule has 2 heterocycles. The van der Waals surface area contributed by atoms with Gasteiger partial charge in [-0.05, 0) is 39.7 Å². The molecule has 3 nitrogen and oxygen atoms in total. The van der Waals surface area contributed by atoms with E-state index in [1.807, 2.05) is 6.92 Å². The van der Waals surface area contributed by atoms with Crippen LogP contribution in [0.4, 0.5) is 0 Å². The third-order valence-electron chi connectivity index (χ3n) is 3.80. The van der Waals surface area contributed by atoms with E-state index >= 15 is 0 Å². The Hall–Kier alpha value is -0.120. The molecule has 2 fully saturated rings. The third kappa shape index (κ3) is 2.10. The van der Waals surface area contributed by atoms with Gasteiger partial charge in [-0.15, -0.1) is 0 Å². The highest BCUT2D eigenvalue weighted by Crippen LogP contribution is 2.33. The normalized spacial score (nSPS) is 40.1. The summed E-state index contributed by atoms with van der Waals surface area (Å²) in [5.41, 5.74) is 0. The van der Waals surface area contributed by atoms with Gasteiger partial charge in [0.25, 0.3) is 0 Å². The molecule has 2 unspecified atom stereocenters. The van der Waals surface area contributed by atoms with Gasteiger partial charge in [-0.25, -0.2) is 0 Å². The van der Waals surface area contributed by atoms with Crippen LogP contribution in [0, 0.1) is 0 Å². The van der Waals surface area contributed by atoms with E-state index in [1.54, 1.807) is 0 Å². The van der Waals surface area contributed by atoms with Gasteiger partial charge in [0.1, 0.15) is 0 Å². The fourth-order valence-corrected chi connectivity index (χ4v) is 2.92. The molecule has 2 aliphatic rings. The molecule has 3 heteroatoms. The number of piperidine rings is 1. The van der Waals surface area contributed by atoms with E-state index in [4.69, 9.17) is 0 Å². The number of nitrogens with one attached hydrogen (secondary N) is 1. The van der Waals surface area contributed by atoms with Crippen molar-refractivity contribution >= 4 is 0 Å². The minimum atomic E-state index is -0.215. The molecule has 82 valence electrons. The lowest BCUT2D eigenvalue weighted by molar-refractivity contribution is 0.133. The van der Waals surface area contributed by atoms with E-state index in [1.165, 1.54) is 25.7 Å².